The Kier molecular flexibility index (Phi) is 7.99. The lowest BCUT2D eigenvalue weighted by molar-refractivity contribution is -0.117. The van der Waals surface area contributed by atoms with Crippen molar-refractivity contribution in [2.45, 2.75) is 31.7 Å². The van der Waals surface area contributed by atoms with E-state index in [-0.39, 0.29) is 35.8 Å². The third-order valence-corrected chi connectivity index (χ3v) is 4.34. The van der Waals surface area contributed by atoms with Gasteiger partial charge in [0, 0.05) is 12.5 Å². The monoisotopic (exact) mass is 372 g/mol. The van der Waals surface area contributed by atoms with Crippen molar-refractivity contribution >= 4 is 30.0 Å². The molecule has 2 atom stereocenters. The molecule has 1 aliphatic rings. The normalized spacial score (nSPS) is 18.9. The van der Waals surface area contributed by atoms with E-state index in [1.807, 2.05) is 0 Å². The first-order valence-corrected chi connectivity index (χ1v) is 7.90. The summed E-state index contributed by atoms with van der Waals surface area (Å²) in [6, 6.07) is 3.08. The van der Waals surface area contributed by atoms with E-state index in [1.54, 1.807) is 0 Å². The van der Waals surface area contributed by atoms with Gasteiger partial charge in [-0.2, -0.15) is 0 Å². The molecule has 0 aliphatic heterocycles. The number of carbonyl (C=O) groups excluding carboxylic acids is 2. The summed E-state index contributed by atoms with van der Waals surface area (Å²) in [6.45, 7) is 0. The highest BCUT2D eigenvalue weighted by Gasteiger charge is 2.27. The summed E-state index contributed by atoms with van der Waals surface area (Å²) >= 11 is 0. The highest BCUT2D eigenvalue weighted by Crippen LogP contribution is 2.37. The summed E-state index contributed by atoms with van der Waals surface area (Å²) in [5.41, 5.74) is 6.65. The van der Waals surface area contributed by atoms with Crippen LogP contribution in [0.1, 0.15) is 36.0 Å². The maximum absolute atomic E-state index is 12.4. The second kappa shape index (κ2) is 9.48. The van der Waals surface area contributed by atoms with Gasteiger partial charge in [-0.3, -0.25) is 4.79 Å². The molecule has 1 aliphatic carbocycles. The third kappa shape index (κ3) is 4.99. The van der Waals surface area contributed by atoms with Crippen molar-refractivity contribution in [3.8, 4) is 11.5 Å². The summed E-state index contributed by atoms with van der Waals surface area (Å²) in [5.74, 6) is 0.188. The predicted molar refractivity (Wildman–Crippen MR) is 96.7 cm³/mol. The van der Waals surface area contributed by atoms with Crippen molar-refractivity contribution in [3.05, 3.63) is 17.7 Å². The maximum atomic E-state index is 12.4. The number of halogens is 1. The summed E-state index contributed by atoms with van der Waals surface area (Å²) in [6.07, 6.45) is 3.30. The van der Waals surface area contributed by atoms with Crippen LogP contribution in [-0.2, 0) is 9.53 Å². The molecule has 3 N–H and O–H groups in total. The van der Waals surface area contributed by atoms with Crippen molar-refractivity contribution in [1.29, 1.82) is 0 Å². The molecular formula is C17H25ClN2O5. The molecule has 0 heterocycles. The van der Waals surface area contributed by atoms with Gasteiger partial charge in [0.25, 0.3) is 0 Å². The first kappa shape index (κ1) is 21.1. The highest BCUT2D eigenvalue weighted by molar-refractivity contribution is 5.97. The van der Waals surface area contributed by atoms with Gasteiger partial charge in [-0.15, -0.1) is 12.4 Å². The minimum absolute atomic E-state index is 0. The molecule has 1 amide bonds. The number of hydrogen-bond acceptors (Lipinski definition) is 6. The predicted octanol–water partition coefficient (Wildman–Crippen LogP) is 2.37. The number of hydrogen-bond donors (Lipinski definition) is 2. The molecule has 0 aromatic heterocycles. The Bertz CT molecular complexity index is 623. The molecule has 7 nitrogen and oxygen atoms in total. The quantitative estimate of drug-likeness (QED) is 0.743. The van der Waals surface area contributed by atoms with Crippen molar-refractivity contribution in [2.75, 3.05) is 26.6 Å². The van der Waals surface area contributed by atoms with Gasteiger partial charge >= 0.3 is 5.97 Å². The van der Waals surface area contributed by atoms with Crippen LogP contribution in [-0.4, -0.2) is 39.2 Å². The molecule has 0 bridgehead atoms. The van der Waals surface area contributed by atoms with Crippen LogP contribution in [0.15, 0.2) is 12.1 Å². The van der Waals surface area contributed by atoms with Crippen molar-refractivity contribution in [1.82, 2.24) is 0 Å². The third-order valence-electron chi connectivity index (χ3n) is 4.34. The van der Waals surface area contributed by atoms with Gasteiger partial charge in [0.1, 0.15) is 0 Å². The highest BCUT2D eigenvalue weighted by atomic mass is 35.5. The fraction of sp³-hybridized carbons (Fsp3) is 0.529. The molecule has 1 saturated carbocycles. The van der Waals surface area contributed by atoms with Crippen LogP contribution < -0.4 is 20.5 Å². The number of nitrogens with two attached hydrogens (primary N) is 1. The number of anilines is 1. The smallest absolute Gasteiger partial charge is 0.338 e. The Morgan fingerprint density at radius 3 is 2.44 bits per heavy atom. The maximum Gasteiger partial charge on any atom is 0.338 e. The van der Waals surface area contributed by atoms with Crippen LogP contribution in [0.3, 0.4) is 0 Å². The molecule has 1 aromatic carbocycles. The number of rotatable bonds is 6. The van der Waals surface area contributed by atoms with Crippen molar-refractivity contribution < 1.29 is 23.8 Å². The average Bonchev–Trinajstić information content (AvgIpc) is 2.97. The van der Waals surface area contributed by atoms with Crippen molar-refractivity contribution in [3.63, 3.8) is 0 Å². The topological polar surface area (TPSA) is 99.9 Å². The van der Waals surface area contributed by atoms with Gasteiger partial charge in [0.2, 0.25) is 5.91 Å². The molecular weight excluding hydrogens is 348 g/mol. The fourth-order valence-corrected chi connectivity index (χ4v) is 3.05. The molecule has 140 valence electrons. The molecule has 2 rings (SSSR count). The zero-order valence-electron chi connectivity index (χ0n) is 14.7. The molecule has 0 spiro atoms. The second-order valence-corrected chi connectivity index (χ2v) is 5.86. The molecule has 25 heavy (non-hydrogen) atoms. The number of nitrogens with one attached hydrogen (secondary N) is 1. The van der Waals surface area contributed by atoms with Gasteiger partial charge in [-0.25, -0.2) is 4.79 Å². The lowest BCUT2D eigenvalue weighted by Gasteiger charge is -2.17. The number of carbonyl (C=O) groups is 2. The van der Waals surface area contributed by atoms with E-state index in [2.05, 4.69) is 5.32 Å². The van der Waals surface area contributed by atoms with Crippen LogP contribution in [0, 0.1) is 5.92 Å². The Morgan fingerprint density at radius 2 is 1.92 bits per heavy atom. The lowest BCUT2D eigenvalue weighted by Crippen LogP contribution is -2.28. The fourth-order valence-electron chi connectivity index (χ4n) is 3.05. The first-order chi connectivity index (χ1) is 11.5. The van der Waals surface area contributed by atoms with E-state index in [0.29, 0.717) is 23.6 Å². The van der Waals surface area contributed by atoms with E-state index in [0.717, 1.165) is 19.3 Å². The molecule has 8 heteroatoms. The zero-order valence-corrected chi connectivity index (χ0v) is 15.5. The SMILES string of the molecule is COC(=O)c1cc(NC(=O)C[C@@H]2CCC[C@H]2N)c(OC)c(OC)c1.Cl. The molecule has 1 fully saturated rings. The van der Waals surface area contributed by atoms with E-state index >= 15 is 0 Å². The Labute approximate surface area is 153 Å². The number of methoxy groups -OCH3 is 3. The van der Waals surface area contributed by atoms with Gasteiger partial charge < -0.3 is 25.3 Å². The van der Waals surface area contributed by atoms with Crippen LogP contribution in [0.4, 0.5) is 5.69 Å². The number of amides is 1. The Morgan fingerprint density at radius 1 is 1.20 bits per heavy atom. The molecule has 0 unspecified atom stereocenters. The van der Waals surface area contributed by atoms with Gasteiger partial charge in [0.15, 0.2) is 11.5 Å². The van der Waals surface area contributed by atoms with Gasteiger partial charge in [0.05, 0.1) is 32.6 Å². The van der Waals surface area contributed by atoms with Gasteiger partial charge in [-0.1, -0.05) is 6.42 Å². The first-order valence-electron chi connectivity index (χ1n) is 7.90. The standard InChI is InChI=1S/C17H24N2O5.ClH/c1-22-14-8-11(17(21)24-3)7-13(16(14)23-2)19-15(20)9-10-5-4-6-12(10)18;/h7-8,10,12H,4-6,9,18H2,1-3H3,(H,19,20);1H/t10-,12+;/m0./s1. The summed E-state index contributed by atoms with van der Waals surface area (Å²) < 4.78 is 15.3. The van der Waals surface area contributed by atoms with Gasteiger partial charge in [-0.05, 0) is 30.9 Å². The van der Waals surface area contributed by atoms with E-state index in [9.17, 15) is 9.59 Å². The van der Waals surface area contributed by atoms with E-state index < -0.39 is 5.97 Å². The van der Waals surface area contributed by atoms with Crippen LogP contribution >= 0.6 is 12.4 Å². The number of benzene rings is 1. The second-order valence-electron chi connectivity index (χ2n) is 5.86. The lowest BCUT2D eigenvalue weighted by atomic mass is 10.00. The molecule has 0 radical (unpaired) electrons. The van der Waals surface area contributed by atoms with E-state index in [4.69, 9.17) is 19.9 Å². The minimum atomic E-state index is -0.524. The minimum Gasteiger partial charge on any atom is -0.493 e. The summed E-state index contributed by atoms with van der Waals surface area (Å²) in [7, 11) is 4.22. The molecule has 0 saturated heterocycles. The largest absolute Gasteiger partial charge is 0.493 e. The molecule has 1 aromatic rings. The van der Waals surface area contributed by atoms with Crippen molar-refractivity contribution in [2.24, 2.45) is 11.7 Å². The number of ether oxygens (including phenoxy) is 3. The Hall–Kier alpha value is -1.99. The number of esters is 1. The Balaban J connectivity index is 0.00000312. The average molecular weight is 373 g/mol. The van der Waals surface area contributed by atoms with Crippen LogP contribution in [0.2, 0.25) is 0 Å². The van der Waals surface area contributed by atoms with E-state index in [1.165, 1.54) is 33.5 Å². The van der Waals surface area contributed by atoms with Crippen LogP contribution in [0.5, 0.6) is 11.5 Å². The summed E-state index contributed by atoms with van der Waals surface area (Å²) in [4.78, 5) is 24.1. The zero-order chi connectivity index (χ0) is 17.7. The summed E-state index contributed by atoms with van der Waals surface area (Å²) in [5, 5.41) is 2.80. The van der Waals surface area contributed by atoms with Crippen LogP contribution in [0.25, 0.3) is 0 Å².